The van der Waals surface area contributed by atoms with Crippen LogP contribution in [0.5, 0.6) is 0 Å². The lowest BCUT2D eigenvalue weighted by atomic mass is 10.0. The second-order valence-corrected chi connectivity index (χ2v) is 7.90. The molecule has 0 bridgehead atoms. The van der Waals surface area contributed by atoms with Gasteiger partial charge in [-0.25, -0.2) is 0 Å². The van der Waals surface area contributed by atoms with E-state index in [0.29, 0.717) is 27.6 Å². The molecule has 3 rings (SSSR count). The second kappa shape index (κ2) is 9.01. The molecule has 1 aliphatic heterocycles. The lowest BCUT2D eigenvalue weighted by Gasteiger charge is -2.22. The Morgan fingerprint density at radius 2 is 2.00 bits per heavy atom. The number of pyridine rings is 1. The molecule has 0 saturated carbocycles. The number of alkyl halides is 3. The molecule has 5 nitrogen and oxygen atoms in total. The van der Waals surface area contributed by atoms with Gasteiger partial charge in [0.15, 0.2) is 0 Å². The third-order valence-electron chi connectivity index (χ3n) is 5.56. The van der Waals surface area contributed by atoms with Crippen molar-refractivity contribution in [2.45, 2.75) is 33.0 Å². The lowest BCUT2D eigenvalue weighted by molar-refractivity contribution is -0.138. The number of halogens is 3. The zero-order valence-electron chi connectivity index (χ0n) is 18.0. The molecule has 0 saturated heterocycles. The van der Waals surface area contributed by atoms with Crippen molar-refractivity contribution in [1.82, 2.24) is 15.2 Å². The van der Waals surface area contributed by atoms with Crippen LogP contribution in [0.2, 0.25) is 0 Å². The van der Waals surface area contributed by atoms with Crippen LogP contribution in [0.3, 0.4) is 0 Å². The quantitative estimate of drug-likeness (QED) is 0.690. The summed E-state index contributed by atoms with van der Waals surface area (Å²) in [5.41, 5.74) is 15.1. The van der Waals surface area contributed by atoms with E-state index >= 15 is 0 Å². The Morgan fingerprint density at radius 3 is 2.61 bits per heavy atom. The highest BCUT2D eigenvalue weighted by Gasteiger charge is 2.32. The summed E-state index contributed by atoms with van der Waals surface area (Å²) in [6, 6.07) is 6.09. The summed E-state index contributed by atoms with van der Waals surface area (Å²) >= 11 is 0. The molecule has 0 unspecified atom stereocenters. The predicted molar refractivity (Wildman–Crippen MR) is 117 cm³/mol. The third-order valence-corrected chi connectivity index (χ3v) is 5.56. The van der Waals surface area contributed by atoms with Gasteiger partial charge in [0.1, 0.15) is 5.82 Å². The largest absolute Gasteiger partial charge is 0.416 e. The number of likely N-dealkylation sites (N-methyl/N-ethyl adjacent to an activating group) is 1. The molecule has 1 aromatic carbocycles. The Hall–Kier alpha value is -3.00. The first-order valence-electron chi connectivity index (χ1n) is 10.1. The van der Waals surface area contributed by atoms with Crippen molar-refractivity contribution in [2.75, 3.05) is 20.1 Å². The van der Waals surface area contributed by atoms with Crippen molar-refractivity contribution < 1.29 is 13.2 Å². The molecule has 166 valence electrons. The second-order valence-electron chi connectivity index (χ2n) is 7.90. The van der Waals surface area contributed by atoms with E-state index in [0.717, 1.165) is 31.1 Å². The van der Waals surface area contributed by atoms with Gasteiger partial charge in [-0.3, -0.25) is 4.98 Å². The van der Waals surface area contributed by atoms with Crippen LogP contribution in [-0.2, 0) is 12.7 Å². The highest BCUT2D eigenvalue weighted by atomic mass is 19.4. The summed E-state index contributed by atoms with van der Waals surface area (Å²) in [5.74, 6) is 0.319. The summed E-state index contributed by atoms with van der Waals surface area (Å²) in [7, 11) is 2.07. The average Bonchev–Trinajstić information content (AvgIpc) is 2.72. The number of nitrogens with two attached hydrogens (primary N) is 2. The zero-order chi connectivity index (χ0) is 22.8. The highest BCUT2D eigenvalue weighted by Crippen LogP contribution is 2.32. The van der Waals surface area contributed by atoms with Crippen LogP contribution in [0.1, 0.15) is 35.6 Å². The third kappa shape index (κ3) is 5.19. The number of hydrogen-bond donors (Lipinski definition) is 3. The van der Waals surface area contributed by atoms with Gasteiger partial charge < -0.3 is 21.7 Å². The first-order chi connectivity index (χ1) is 14.6. The van der Waals surface area contributed by atoms with Crippen molar-refractivity contribution in [3.8, 4) is 0 Å². The molecule has 0 fully saturated rings. The molecule has 1 aromatic heterocycles. The fourth-order valence-electron chi connectivity index (χ4n) is 3.66. The Kier molecular flexibility index (Phi) is 6.59. The van der Waals surface area contributed by atoms with E-state index in [4.69, 9.17) is 11.5 Å². The molecule has 0 aliphatic carbocycles. The van der Waals surface area contributed by atoms with E-state index in [1.807, 2.05) is 6.07 Å². The van der Waals surface area contributed by atoms with E-state index in [1.54, 1.807) is 19.2 Å². The van der Waals surface area contributed by atoms with Crippen LogP contribution in [0, 0.1) is 6.92 Å². The maximum absolute atomic E-state index is 13.2. The minimum Gasteiger partial charge on any atom is -0.401 e. The summed E-state index contributed by atoms with van der Waals surface area (Å²) in [5, 5.41) is 4.26. The molecule has 0 spiro atoms. The van der Waals surface area contributed by atoms with Gasteiger partial charge in [0, 0.05) is 36.7 Å². The van der Waals surface area contributed by atoms with Gasteiger partial charge in [0.25, 0.3) is 0 Å². The van der Waals surface area contributed by atoms with Gasteiger partial charge >= 0.3 is 6.18 Å². The summed E-state index contributed by atoms with van der Waals surface area (Å²) < 4.78 is 39.6. The number of nitrogens with one attached hydrogen (secondary N) is 1. The number of aromatic nitrogens is 1. The van der Waals surface area contributed by atoms with E-state index in [1.165, 1.54) is 18.6 Å². The molecule has 2 aromatic rings. The number of nitrogens with zero attached hydrogens (tertiary/aromatic N) is 2. The fraction of sp³-hybridized carbons (Fsp3) is 0.348. The average molecular weight is 432 g/mol. The van der Waals surface area contributed by atoms with Crippen LogP contribution >= 0.6 is 0 Å². The van der Waals surface area contributed by atoms with Crippen LogP contribution in [0.25, 0.3) is 17.1 Å². The van der Waals surface area contributed by atoms with Crippen molar-refractivity contribution >= 4 is 17.1 Å². The minimum absolute atomic E-state index is 0.155. The Balaban J connectivity index is 1.98. The molecule has 0 atom stereocenters. The first-order valence-corrected chi connectivity index (χ1v) is 10.1. The van der Waals surface area contributed by atoms with Gasteiger partial charge in [0.2, 0.25) is 0 Å². The van der Waals surface area contributed by atoms with Gasteiger partial charge in [-0.15, -0.1) is 0 Å². The summed E-state index contributed by atoms with van der Waals surface area (Å²) in [6.45, 7) is 5.18. The molecule has 1 aliphatic rings. The van der Waals surface area contributed by atoms with Crippen molar-refractivity contribution in [2.24, 2.45) is 11.5 Å². The standard InChI is InChI=1S/C23H28F3N5/c1-14-17(5-4-6-20(14)23(24,25)26)12-30-22(28)19-11-18(13-29-21(19)15(2)27)16-7-9-31(3)10-8-16/h4-7,11,13,30H,8-10,12,27-28H2,1-3H3/b21-15+,22-19+. The molecule has 0 amide bonds. The number of rotatable bonds is 4. The lowest BCUT2D eigenvalue weighted by Crippen LogP contribution is -2.40. The van der Waals surface area contributed by atoms with E-state index in [2.05, 4.69) is 28.3 Å². The zero-order valence-corrected chi connectivity index (χ0v) is 18.0. The molecule has 0 radical (unpaired) electrons. The predicted octanol–water partition coefficient (Wildman–Crippen LogP) is 2.03. The monoisotopic (exact) mass is 431 g/mol. The highest BCUT2D eigenvalue weighted by molar-refractivity contribution is 5.66. The normalized spacial score (nSPS) is 17.2. The maximum atomic E-state index is 13.2. The number of benzene rings is 1. The number of hydrogen-bond acceptors (Lipinski definition) is 5. The van der Waals surface area contributed by atoms with Crippen molar-refractivity contribution in [3.63, 3.8) is 0 Å². The fourth-order valence-corrected chi connectivity index (χ4v) is 3.66. The van der Waals surface area contributed by atoms with Crippen molar-refractivity contribution in [3.05, 3.63) is 69.4 Å². The molecule has 5 N–H and O–H groups in total. The maximum Gasteiger partial charge on any atom is 0.416 e. The summed E-state index contributed by atoms with van der Waals surface area (Å²) in [4.78, 5) is 6.73. The first kappa shape index (κ1) is 22.7. The Labute approximate surface area is 179 Å². The topological polar surface area (TPSA) is 80.2 Å². The summed E-state index contributed by atoms with van der Waals surface area (Å²) in [6.07, 6.45) is 0.461. The van der Waals surface area contributed by atoms with Gasteiger partial charge in [0.05, 0.1) is 10.9 Å². The van der Waals surface area contributed by atoms with Crippen LogP contribution in [0.4, 0.5) is 13.2 Å². The van der Waals surface area contributed by atoms with E-state index in [9.17, 15) is 13.2 Å². The molecule has 2 heterocycles. The van der Waals surface area contributed by atoms with Gasteiger partial charge in [-0.05, 0) is 61.7 Å². The smallest absolute Gasteiger partial charge is 0.401 e. The SMILES string of the molecule is C/C(N)=c1\ncc(C2=CCN(C)CC2)c\c1=C(\N)NCc1cccc(C(F)(F)F)c1C. The van der Waals surface area contributed by atoms with Crippen LogP contribution < -0.4 is 27.4 Å². The molecular weight excluding hydrogens is 403 g/mol. The van der Waals surface area contributed by atoms with E-state index in [-0.39, 0.29) is 12.1 Å². The Bertz CT molecular complexity index is 1120. The van der Waals surface area contributed by atoms with Gasteiger partial charge in [-0.1, -0.05) is 18.2 Å². The van der Waals surface area contributed by atoms with Gasteiger partial charge in [-0.2, -0.15) is 13.2 Å². The van der Waals surface area contributed by atoms with Crippen LogP contribution in [-0.4, -0.2) is 30.0 Å². The van der Waals surface area contributed by atoms with Crippen LogP contribution in [0.15, 0.2) is 36.5 Å². The van der Waals surface area contributed by atoms with E-state index < -0.39 is 11.7 Å². The molecule has 31 heavy (non-hydrogen) atoms. The molecule has 8 heteroatoms. The Morgan fingerprint density at radius 1 is 1.26 bits per heavy atom. The van der Waals surface area contributed by atoms with Crippen molar-refractivity contribution in [1.29, 1.82) is 0 Å². The minimum atomic E-state index is -4.39. The molecular formula is C23H28F3N5.